The van der Waals surface area contributed by atoms with Crippen molar-refractivity contribution in [2.45, 2.75) is 26.0 Å². The first-order chi connectivity index (χ1) is 18.3. The van der Waals surface area contributed by atoms with Crippen molar-refractivity contribution in [2.24, 2.45) is 5.73 Å². The highest BCUT2D eigenvalue weighted by Crippen LogP contribution is 2.38. The van der Waals surface area contributed by atoms with Crippen molar-refractivity contribution in [1.29, 1.82) is 0 Å². The van der Waals surface area contributed by atoms with Crippen LogP contribution in [-0.2, 0) is 16.9 Å². The Hall–Kier alpha value is -4.07. The van der Waals surface area contributed by atoms with E-state index >= 15 is 0 Å². The lowest BCUT2D eigenvalue weighted by atomic mass is 9.96. The van der Waals surface area contributed by atoms with Gasteiger partial charge in [0.2, 0.25) is 5.91 Å². The maximum atomic E-state index is 14.9. The highest BCUT2D eigenvalue weighted by atomic mass is 32.1. The predicted octanol–water partition coefficient (Wildman–Crippen LogP) is 2.95. The third-order valence-corrected chi connectivity index (χ3v) is 6.88. The third-order valence-electron chi connectivity index (χ3n) is 5.80. The molecule has 1 aromatic carbocycles. The second kappa shape index (κ2) is 12.2. The molecule has 0 saturated carbocycles. The molecule has 39 heavy (non-hydrogen) atoms. The van der Waals surface area contributed by atoms with Crippen molar-refractivity contribution in [2.75, 3.05) is 32.1 Å². The number of hydrogen-bond acceptors (Lipinski definition) is 8. The Morgan fingerprint density at radius 2 is 1.90 bits per heavy atom. The predicted molar refractivity (Wildman–Crippen MR) is 144 cm³/mol. The number of benzene rings is 1. The molecule has 0 atom stereocenters. The molecule has 0 radical (unpaired) electrons. The molecule has 6 N–H and O–H groups in total. The minimum atomic E-state index is -1.32. The first kappa shape index (κ1) is 29.5. The van der Waals surface area contributed by atoms with E-state index in [4.69, 9.17) is 10.8 Å². The second-order valence-corrected chi connectivity index (χ2v) is 10.3. The molecule has 3 amide bonds. The molecule has 11 nitrogen and oxygen atoms in total. The van der Waals surface area contributed by atoms with E-state index in [9.17, 15) is 29.0 Å². The molecule has 0 aliphatic carbocycles. The van der Waals surface area contributed by atoms with Crippen LogP contribution in [0.5, 0.6) is 0 Å². The van der Waals surface area contributed by atoms with Gasteiger partial charge in [-0.05, 0) is 43.7 Å². The summed E-state index contributed by atoms with van der Waals surface area (Å²) in [5, 5.41) is 32.0. The largest absolute Gasteiger partial charge is 0.465 e. The lowest BCUT2D eigenvalue weighted by Gasteiger charge is -2.22. The zero-order valence-electron chi connectivity index (χ0n) is 21.6. The Morgan fingerprint density at radius 1 is 1.18 bits per heavy atom. The van der Waals surface area contributed by atoms with Gasteiger partial charge in [0.1, 0.15) is 23.2 Å². The molecule has 0 fully saturated rings. The van der Waals surface area contributed by atoms with Crippen LogP contribution in [0.2, 0.25) is 0 Å². The number of carbonyl (C=O) groups excluding carboxylic acids is 2. The van der Waals surface area contributed by atoms with E-state index in [-0.39, 0.29) is 36.6 Å². The fourth-order valence-corrected chi connectivity index (χ4v) is 4.69. The average molecular weight is 560 g/mol. The second-order valence-electron chi connectivity index (χ2n) is 9.29. The van der Waals surface area contributed by atoms with Crippen LogP contribution in [0.15, 0.2) is 42.5 Å². The van der Waals surface area contributed by atoms with Crippen molar-refractivity contribution in [3.05, 3.63) is 65.1 Å². The lowest BCUT2D eigenvalue weighted by Crippen LogP contribution is -2.41. The van der Waals surface area contributed by atoms with Crippen molar-refractivity contribution in [3.63, 3.8) is 0 Å². The summed E-state index contributed by atoms with van der Waals surface area (Å²) >= 11 is 1.07. The van der Waals surface area contributed by atoms with Crippen LogP contribution < -0.4 is 11.1 Å². The molecule has 208 valence electrons. The van der Waals surface area contributed by atoms with Crippen LogP contribution >= 0.6 is 11.3 Å². The van der Waals surface area contributed by atoms with E-state index in [1.165, 1.54) is 30.1 Å². The van der Waals surface area contributed by atoms with Gasteiger partial charge in [0, 0.05) is 24.0 Å². The van der Waals surface area contributed by atoms with Crippen molar-refractivity contribution in [3.8, 4) is 10.4 Å². The van der Waals surface area contributed by atoms with E-state index in [1.54, 1.807) is 38.1 Å². The van der Waals surface area contributed by atoms with Crippen LogP contribution in [0, 0.1) is 5.82 Å². The summed E-state index contributed by atoms with van der Waals surface area (Å²) in [7, 11) is 1.46. The summed E-state index contributed by atoms with van der Waals surface area (Å²) in [4.78, 5) is 43.0. The van der Waals surface area contributed by atoms with Gasteiger partial charge in [-0.2, -0.15) is 0 Å². The summed E-state index contributed by atoms with van der Waals surface area (Å²) in [5.74, 6) is -1.53. The van der Waals surface area contributed by atoms with Gasteiger partial charge < -0.3 is 31.3 Å². The highest BCUT2D eigenvalue weighted by molar-refractivity contribution is 7.20. The summed E-state index contributed by atoms with van der Waals surface area (Å²) in [6.07, 6.45) is -1.32. The maximum Gasteiger partial charge on any atom is 0.408 e. The SMILES string of the molecule is CN(CCO)C(=O)CN(Cc1cccc(Nc2sc(-c3ccc(C(C)(C)O)cc3F)cc2C(N)=O)n1)C(=O)O. The minimum absolute atomic E-state index is 0.0718. The van der Waals surface area contributed by atoms with Gasteiger partial charge in [-0.1, -0.05) is 18.2 Å². The number of primary amides is 1. The standard InChI is InChI=1S/C26H30FN5O6S/c1-26(2,38)15-7-8-17(19(27)11-15)20-12-18(23(28)35)24(39-20)30-21-6-4-5-16(29-21)13-32(25(36)37)14-22(34)31(3)9-10-33/h4-8,11-12,33,38H,9-10,13-14H2,1-3H3,(H2,28,35)(H,29,30)(H,36,37). The number of hydrogen-bond donors (Lipinski definition) is 5. The average Bonchev–Trinajstić information content (AvgIpc) is 3.27. The Bertz CT molecular complexity index is 1370. The number of aromatic nitrogens is 1. The van der Waals surface area contributed by atoms with Gasteiger partial charge in [-0.15, -0.1) is 11.3 Å². The number of likely N-dealkylation sites (N-methyl/N-ethyl adjacent to an activating group) is 1. The van der Waals surface area contributed by atoms with E-state index in [1.807, 2.05) is 0 Å². The Kier molecular flexibility index (Phi) is 9.22. The topological polar surface area (TPSA) is 169 Å². The number of amides is 3. The van der Waals surface area contributed by atoms with Crippen LogP contribution in [0.4, 0.5) is 20.0 Å². The monoisotopic (exact) mass is 559 g/mol. The molecule has 0 bridgehead atoms. The fraction of sp³-hybridized carbons (Fsp3) is 0.308. The number of aliphatic hydroxyl groups is 2. The Balaban J connectivity index is 1.85. The maximum absolute atomic E-state index is 14.9. The number of rotatable bonds is 11. The van der Waals surface area contributed by atoms with Gasteiger partial charge in [0.25, 0.3) is 5.91 Å². The number of aliphatic hydroxyl groups excluding tert-OH is 1. The zero-order valence-corrected chi connectivity index (χ0v) is 22.5. The van der Waals surface area contributed by atoms with Crippen molar-refractivity contribution < 1.29 is 34.1 Å². The summed E-state index contributed by atoms with van der Waals surface area (Å²) in [6.45, 7) is 2.29. The number of carbonyl (C=O) groups is 3. The molecule has 0 unspecified atom stereocenters. The van der Waals surface area contributed by atoms with Crippen LogP contribution in [0.1, 0.15) is 35.5 Å². The summed E-state index contributed by atoms with van der Waals surface area (Å²) in [5.41, 5.74) is 5.38. The van der Waals surface area contributed by atoms with Gasteiger partial charge in [0.15, 0.2) is 0 Å². The van der Waals surface area contributed by atoms with Crippen molar-refractivity contribution >= 4 is 40.1 Å². The quantitative estimate of drug-likeness (QED) is 0.239. The number of carboxylic acid groups (broad SMARTS) is 1. The number of nitrogens with one attached hydrogen (secondary N) is 1. The molecule has 0 aliphatic rings. The molecule has 3 aromatic rings. The van der Waals surface area contributed by atoms with Gasteiger partial charge in [-0.3, -0.25) is 14.5 Å². The first-order valence-electron chi connectivity index (χ1n) is 11.8. The molecule has 2 aromatic heterocycles. The number of halogens is 1. The molecule has 0 spiro atoms. The van der Waals surface area contributed by atoms with Crippen LogP contribution in [0.25, 0.3) is 10.4 Å². The number of thiophene rings is 1. The molecular weight excluding hydrogens is 529 g/mol. The fourth-order valence-electron chi connectivity index (χ4n) is 3.59. The highest BCUT2D eigenvalue weighted by Gasteiger charge is 2.22. The normalized spacial score (nSPS) is 11.2. The summed E-state index contributed by atoms with van der Waals surface area (Å²) < 4.78 is 14.9. The smallest absolute Gasteiger partial charge is 0.408 e. The molecule has 3 rings (SSSR count). The van der Waals surface area contributed by atoms with Crippen LogP contribution in [-0.4, -0.2) is 74.8 Å². The van der Waals surface area contributed by atoms with Crippen LogP contribution in [0.3, 0.4) is 0 Å². The molecule has 13 heteroatoms. The molecule has 0 saturated heterocycles. The number of pyridine rings is 1. The van der Waals surface area contributed by atoms with Gasteiger partial charge in [-0.25, -0.2) is 14.2 Å². The van der Waals surface area contributed by atoms with Gasteiger partial charge >= 0.3 is 6.09 Å². The van der Waals surface area contributed by atoms with Crippen molar-refractivity contribution in [1.82, 2.24) is 14.8 Å². The Morgan fingerprint density at radius 3 is 2.49 bits per heavy atom. The first-order valence-corrected chi connectivity index (χ1v) is 12.6. The van der Waals surface area contributed by atoms with E-state index < -0.39 is 35.9 Å². The Labute approximate surface area is 228 Å². The van der Waals surface area contributed by atoms with E-state index in [2.05, 4.69) is 10.3 Å². The molecular formula is C26H30FN5O6S. The number of anilines is 2. The molecule has 0 aliphatic heterocycles. The zero-order chi connectivity index (χ0) is 28.9. The number of nitrogens with two attached hydrogens (primary N) is 1. The minimum Gasteiger partial charge on any atom is -0.465 e. The lowest BCUT2D eigenvalue weighted by molar-refractivity contribution is -0.131. The van der Waals surface area contributed by atoms with E-state index in [0.29, 0.717) is 21.1 Å². The van der Waals surface area contributed by atoms with E-state index in [0.717, 1.165) is 16.2 Å². The summed E-state index contributed by atoms with van der Waals surface area (Å²) in [6, 6.07) is 10.6. The van der Waals surface area contributed by atoms with Gasteiger partial charge in [0.05, 0.1) is 30.0 Å². The molecule has 2 heterocycles. The third kappa shape index (κ3) is 7.50. The number of nitrogens with zero attached hydrogens (tertiary/aromatic N) is 3.